The van der Waals surface area contributed by atoms with E-state index in [1.54, 1.807) is 12.1 Å². The number of nitrogens with two attached hydrogens (primary N) is 1. The second kappa shape index (κ2) is 6.14. The van der Waals surface area contributed by atoms with E-state index in [1.807, 2.05) is 24.3 Å². The summed E-state index contributed by atoms with van der Waals surface area (Å²) in [6.07, 6.45) is 0. The predicted octanol–water partition coefficient (Wildman–Crippen LogP) is 3.15. The molecular weight excluding hydrogens is 311 g/mol. The van der Waals surface area contributed by atoms with Gasteiger partial charge in [0, 0.05) is 4.47 Å². The first-order valence-corrected chi connectivity index (χ1v) is 6.50. The SMILES string of the molecule is COc1ccc(C(NN)c2cccc(Br)c2)cc1F. The number of hydrogen-bond acceptors (Lipinski definition) is 3. The molecule has 0 aromatic heterocycles. The number of benzene rings is 2. The van der Waals surface area contributed by atoms with Crippen molar-refractivity contribution in [3.8, 4) is 5.75 Å². The average Bonchev–Trinajstić information content (AvgIpc) is 2.40. The lowest BCUT2D eigenvalue weighted by Crippen LogP contribution is -2.28. The van der Waals surface area contributed by atoms with E-state index in [4.69, 9.17) is 10.6 Å². The highest BCUT2D eigenvalue weighted by Crippen LogP contribution is 2.27. The average molecular weight is 325 g/mol. The summed E-state index contributed by atoms with van der Waals surface area (Å²) >= 11 is 3.41. The fourth-order valence-electron chi connectivity index (χ4n) is 1.93. The minimum atomic E-state index is -0.407. The summed E-state index contributed by atoms with van der Waals surface area (Å²) in [7, 11) is 1.44. The summed E-state index contributed by atoms with van der Waals surface area (Å²) in [5.74, 6) is 5.40. The molecule has 19 heavy (non-hydrogen) atoms. The molecule has 0 saturated carbocycles. The Labute approximate surface area is 119 Å². The molecule has 0 fully saturated rings. The molecule has 0 spiro atoms. The summed E-state index contributed by atoms with van der Waals surface area (Å²) in [6.45, 7) is 0. The van der Waals surface area contributed by atoms with E-state index >= 15 is 0 Å². The lowest BCUT2D eigenvalue weighted by molar-refractivity contribution is 0.385. The second-order valence-electron chi connectivity index (χ2n) is 4.05. The Morgan fingerprint density at radius 1 is 1.21 bits per heavy atom. The zero-order chi connectivity index (χ0) is 13.8. The van der Waals surface area contributed by atoms with Gasteiger partial charge in [-0.2, -0.15) is 0 Å². The summed E-state index contributed by atoms with van der Waals surface area (Å²) in [5, 5.41) is 0. The van der Waals surface area contributed by atoms with E-state index in [0.29, 0.717) is 0 Å². The van der Waals surface area contributed by atoms with Crippen LogP contribution >= 0.6 is 15.9 Å². The van der Waals surface area contributed by atoms with Gasteiger partial charge in [0.1, 0.15) is 0 Å². The van der Waals surface area contributed by atoms with Crippen molar-refractivity contribution in [3.05, 3.63) is 63.9 Å². The fourth-order valence-corrected chi connectivity index (χ4v) is 2.35. The minimum absolute atomic E-state index is 0.216. The lowest BCUT2D eigenvalue weighted by Gasteiger charge is -2.17. The Kier molecular flexibility index (Phi) is 4.52. The number of ether oxygens (including phenoxy) is 1. The van der Waals surface area contributed by atoms with Crippen LogP contribution < -0.4 is 16.0 Å². The highest BCUT2D eigenvalue weighted by molar-refractivity contribution is 9.10. The zero-order valence-electron chi connectivity index (χ0n) is 10.4. The van der Waals surface area contributed by atoms with Crippen molar-refractivity contribution >= 4 is 15.9 Å². The van der Waals surface area contributed by atoms with Crippen LogP contribution in [0.2, 0.25) is 0 Å². The van der Waals surface area contributed by atoms with Gasteiger partial charge in [-0.3, -0.25) is 5.84 Å². The largest absolute Gasteiger partial charge is 0.494 e. The van der Waals surface area contributed by atoms with Gasteiger partial charge in [0.15, 0.2) is 11.6 Å². The van der Waals surface area contributed by atoms with Crippen molar-refractivity contribution in [1.82, 2.24) is 5.43 Å². The van der Waals surface area contributed by atoms with Gasteiger partial charge < -0.3 is 4.74 Å². The van der Waals surface area contributed by atoms with Crippen molar-refractivity contribution in [3.63, 3.8) is 0 Å². The predicted molar refractivity (Wildman–Crippen MR) is 76.3 cm³/mol. The van der Waals surface area contributed by atoms with E-state index in [9.17, 15) is 4.39 Å². The summed E-state index contributed by atoms with van der Waals surface area (Å²) < 4.78 is 19.6. The number of halogens is 2. The van der Waals surface area contributed by atoms with Gasteiger partial charge in [-0.05, 0) is 35.4 Å². The van der Waals surface area contributed by atoms with Crippen LogP contribution in [0.1, 0.15) is 17.2 Å². The molecule has 0 amide bonds. The standard InChI is InChI=1S/C14H14BrFN2O/c1-19-13-6-5-10(8-12(13)16)14(18-17)9-3-2-4-11(15)7-9/h2-8,14,18H,17H2,1H3. The van der Waals surface area contributed by atoms with E-state index in [1.165, 1.54) is 13.2 Å². The number of methoxy groups -OCH3 is 1. The fraction of sp³-hybridized carbons (Fsp3) is 0.143. The van der Waals surface area contributed by atoms with E-state index < -0.39 is 5.82 Å². The zero-order valence-corrected chi connectivity index (χ0v) is 11.9. The topological polar surface area (TPSA) is 47.3 Å². The van der Waals surface area contributed by atoms with Gasteiger partial charge in [-0.25, -0.2) is 9.82 Å². The summed E-state index contributed by atoms with van der Waals surface area (Å²) in [5.41, 5.74) is 4.38. The minimum Gasteiger partial charge on any atom is -0.494 e. The molecule has 0 aliphatic carbocycles. The first-order valence-electron chi connectivity index (χ1n) is 5.70. The Balaban J connectivity index is 2.39. The molecular formula is C14H14BrFN2O. The Bertz CT molecular complexity index is 577. The molecule has 1 unspecified atom stereocenters. The number of rotatable bonds is 4. The number of hydrazine groups is 1. The third-order valence-corrected chi connectivity index (χ3v) is 3.35. The highest BCUT2D eigenvalue weighted by atomic mass is 79.9. The molecule has 0 aliphatic heterocycles. The van der Waals surface area contributed by atoms with Crippen LogP contribution in [0.3, 0.4) is 0 Å². The van der Waals surface area contributed by atoms with Gasteiger partial charge in [0.2, 0.25) is 0 Å². The van der Waals surface area contributed by atoms with Gasteiger partial charge in [-0.1, -0.05) is 34.1 Å². The monoisotopic (exact) mass is 324 g/mol. The maximum absolute atomic E-state index is 13.7. The van der Waals surface area contributed by atoms with Crippen molar-refractivity contribution in [2.24, 2.45) is 5.84 Å². The van der Waals surface area contributed by atoms with E-state index in [2.05, 4.69) is 21.4 Å². The molecule has 100 valence electrons. The molecule has 0 aliphatic rings. The number of nitrogens with one attached hydrogen (secondary N) is 1. The van der Waals surface area contributed by atoms with Crippen molar-refractivity contribution in [2.45, 2.75) is 6.04 Å². The number of hydrogen-bond donors (Lipinski definition) is 2. The van der Waals surface area contributed by atoms with Gasteiger partial charge >= 0.3 is 0 Å². The molecule has 0 radical (unpaired) electrons. The van der Waals surface area contributed by atoms with Crippen LogP contribution in [-0.2, 0) is 0 Å². The molecule has 2 rings (SSSR count). The molecule has 0 bridgehead atoms. The molecule has 3 nitrogen and oxygen atoms in total. The summed E-state index contributed by atoms with van der Waals surface area (Å²) in [6, 6.07) is 12.2. The molecule has 2 aromatic carbocycles. The van der Waals surface area contributed by atoms with Crippen LogP contribution in [0.4, 0.5) is 4.39 Å². The maximum Gasteiger partial charge on any atom is 0.165 e. The van der Waals surface area contributed by atoms with Crippen molar-refractivity contribution in [1.29, 1.82) is 0 Å². The Morgan fingerprint density at radius 2 is 1.95 bits per heavy atom. The van der Waals surface area contributed by atoms with Crippen LogP contribution in [-0.4, -0.2) is 7.11 Å². The van der Waals surface area contributed by atoms with E-state index in [-0.39, 0.29) is 11.8 Å². The molecule has 1 atom stereocenters. The van der Waals surface area contributed by atoms with Crippen molar-refractivity contribution in [2.75, 3.05) is 7.11 Å². The van der Waals surface area contributed by atoms with Crippen LogP contribution in [0, 0.1) is 5.82 Å². The third kappa shape index (κ3) is 3.12. The van der Waals surface area contributed by atoms with Crippen molar-refractivity contribution < 1.29 is 9.13 Å². The van der Waals surface area contributed by atoms with Gasteiger partial charge in [0.05, 0.1) is 13.2 Å². The normalized spacial score (nSPS) is 12.2. The first kappa shape index (κ1) is 14.0. The maximum atomic E-state index is 13.7. The van der Waals surface area contributed by atoms with Gasteiger partial charge in [-0.15, -0.1) is 0 Å². The molecule has 3 N–H and O–H groups in total. The second-order valence-corrected chi connectivity index (χ2v) is 4.96. The molecule has 5 heteroatoms. The van der Waals surface area contributed by atoms with Gasteiger partial charge in [0.25, 0.3) is 0 Å². The van der Waals surface area contributed by atoms with Crippen LogP contribution in [0.5, 0.6) is 5.75 Å². The Morgan fingerprint density at radius 3 is 2.53 bits per heavy atom. The van der Waals surface area contributed by atoms with Crippen LogP contribution in [0.25, 0.3) is 0 Å². The lowest BCUT2D eigenvalue weighted by atomic mass is 9.99. The molecule has 0 heterocycles. The summed E-state index contributed by atoms with van der Waals surface area (Å²) in [4.78, 5) is 0. The third-order valence-electron chi connectivity index (χ3n) is 2.86. The Hall–Kier alpha value is -1.43. The van der Waals surface area contributed by atoms with Crippen LogP contribution in [0.15, 0.2) is 46.9 Å². The van der Waals surface area contributed by atoms with E-state index in [0.717, 1.165) is 15.6 Å². The molecule has 2 aromatic rings. The molecule has 0 saturated heterocycles. The highest BCUT2D eigenvalue weighted by Gasteiger charge is 2.15. The first-order chi connectivity index (χ1) is 9.15. The quantitative estimate of drug-likeness (QED) is 0.671. The smallest absolute Gasteiger partial charge is 0.165 e.